The molecule has 1 saturated heterocycles. The summed E-state index contributed by atoms with van der Waals surface area (Å²) in [6, 6.07) is 11.8. The van der Waals surface area contributed by atoms with E-state index in [1.165, 1.54) is 16.4 Å². The van der Waals surface area contributed by atoms with Crippen molar-refractivity contribution in [3.63, 3.8) is 0 Å². The molecule has 1 fully saturated rings. The third kappa shape index (κ3) is 4.28. The van der Waals surface area contributed by atoms with Crippen LogP contribution in [0.2, 0.25) is 0 Å². The molecule has 0 spiro atoms. The molecule has 0 aliphatic carbocycles. The van der Waals surface area contributed by atoms with Gasteiger partial charge in [0.1, 0.15) is 5.75 Å². The van der Waals surface area contributed by atoms with E-state index in [0.717, 1.165) is 24.0 Å². The fourth-order valence-electron chi connectivity index (χ4n) is 3.25. The summed E-state index contributed by atoms with van der Waals surface area (Å²) in [5.74, 6) is -0.0871. The number of hydrogen-bond acceptors (Lipinski definition) is 4. The van der Waals surface area contributed by atoms with E-state index in [2.05, 4.69) is 20.8 Å². The van der Waals surface area contributed by atoms with Crippen LogP contribution in [0.1, 0.15) is 55.1 Å². The second-order valence-corrected chi connectivity index (χ2v) is 10.2. The molecule has 1 aliphatic heterocycles. The number of hydrogen-bond donors (Lipinski definition) is 0. The first-order chi connectivity index (χ1) is 13.1. The lowest BCUT2D eigenvalue weighted by Crippen LogP contribution is -2.28. The Morgan fingerprint density at radius 2 is 1.71 bits per heavy atom. The first-order valence-electron chi connectivity index (χ1n) is 9.52. The average Bonchev–Trinajstić information content (AvgIpc) is 3.18. The van der Waals surface area contributed by atoms with Crippen LogP contribution in [0.3, 0.4) is 0 Å². The molecule has 28 heavy (non-hydrogen) atoms. The van der Waals surface area contributed by atoms with E-state index in [1.54, 1.807) is 18.2 Å². The van der Waals surface area contributed by atoms with E-state index in [-0.39, 0.29) is 15.9 Å². The fraction of sp³-hybridized carbons (Fsp3) is 0.409. The number of aryl methyl sites for hydroxylation is 1. The zero-order valence-electron chi connectivity index (χ0n) is 16.9. The largest absolute Gasteiger partial charge is 0.423 e. The molecule has 1 aliphatic rings. The maximum absolute atomic E-state index is 12.7. The molecule has 0 amide bonds. The topological polar surface area (TPSA) is 63.7 Å². The average molecular weight is 402 g/mol. The van der Waals surface area contributed by atoms with Crippen LogP contribution in [0.25, 0.3) is 0 Å². The molecule has 2 aromatic rings. The molecule has 0 saturated carbocycles. The number of ether oxygens (including phenoxy) is 1. The van der Waals surface area contributed by atoms with Crippen LogP contribution in [0.5, 0.6) is 5.75 Å². The Bertz CT molecular complexity index is 984. The smallest absolute Gasteiger partial charge is 0.343 e. The molecule has 0 atom stereocenters. The summed E-state index contributed by atoms with van der Waals surface area (Å²) >= 11 is 0. The van der Waals surface area contributed by atoms with Gasteiger partial charge in [-0.05, 0) is 60.6 Å². The summed E-state index contributed by atoms with van der Waals surface area (Å²) in [4.78, 5) is 12.7. The number of sulfonamides is 1. The Labute approximate surface area is 167 Å². The summed E-state index contributed by atoms with van der Waals surface area (Å²) in [6.45, 7) is 9.32. The van der Waals surface area contributed by atoms with E-state index in [0.29, 0.717) is 18.8 Å². The quantitative estimate of drug-likeness (QED) is 0.566. The predicted molar refractivity (Wildman–Crippen MR) is 109 cm³/mol. The molecule has 3 rings (SSSR count). The Morgan fingerprint density at radius 1 is 1.04 bits per heavy atom. The van der Waals surface area contributed by atoms with Gasteiger partial charge in [-0.2, -0.15) is 4.31 Å². The van der Waals surface area contributed by atoms with E-state index in [1.807, 2.05) is 19.1 Å². The molecular formula is C22H27NO4S. The van der Waals surface area contributed by atoms with Gasteiger partial charge in [0.2, 0.25) is 10.0 Å². The van der Waals surface area contributed by atoms with Crippen molar-refractivity contribution in [1.82, 2.24) is 4.31 Å². The zero-order chi connectivity index (χ0) is 20.5. The van der Waals surface area contributed by atoms with E-state index < -0.39 is 16.0 Å². The number of benzene rings is 2. The van der Waals surface area contributed by atoms with E-state index in [4.69, 9.17) is 4.74 Å². The fourth-order valence-corrected chi connectivity index (χ4v) is 4.81. The molecule has 0 radical (unpaired) electrons. The van der Waals surface area contributed by atoms with Gasteiger partial charge >= 0.3 is 5.97 Å². The SMILES string of the molecule is Cc1cc(C(C)(C)C)ccc1OC(=O)c1cccc(S(=O)(=O)N2CCCC2)c1. The lowest BCUT2D eigenvalue weighted by Gasteiger charge is -2.20. The van der Waals surface area contributed by atoms with Crippen molar-refractivity contribution < 1.29 is 17.9 Å². The number of carbonyl (C=O) groups is 1. The first kappa shape index (κ1) is 20.6. The molecule has 2 aromatic carbocycles. The summed E-state index contributed by atoms with van der Waals surface area (Å²) in [6.07, 6.45) is 1.73. The molecule has 0 unspecified atom stereocenters. The number of rotatable bonds is 4. The first-order valence-corrected chi connectivity index (χ1v) is 11.0. The summed E-state index contributed by atoms with van der Waals surface area (Å²) in [5, 5.41) is 0. The monoisotopic (exact) mass is 401 g/mol. The van der Waals surface area contributed by atoms with Crippen LogP contribution in [0.15, 0.2) is 47.4 Å². The van der Waals surface area contributed by atoms with Crippen molar-refractivity contribution in [3.8, 4) is 5.75 Å². The van der Waals surface area contributed by atoms with Crippen LogP contribution < -0.4 is 4.74 Å². The highest BCUT2D eigenvalue weighted by atomic mass is 32.2. The van der Waals surface area contributed by atoms with Crippen molar-refractivity contribution in [1.29, 1.82) is 0 Å². The standard InChI is InChI=1S/C22H27NO4S/c1-16-14-18(22(2,3)4)10-11-20(16)27-21(24)17-8-7-9-19(15-17)28(25,26)23-12-5-6-13-23/h7-11,14-15H,5-6,12-13H2,1-4H3. The van der Waals surface area contributed by atoms with Gasteiger partial charge in [0, 0.05) is 13.1 Å². The second kappa shape index (κ2) is 7.68. The van der Waals surface area contributed by atoms with Crippen LogP contribution in [0, 0.1) is 6.92 Å². The van der Waals surface area contributed by atoms with E-state index in [9.17, 15) is 13.2 Å². The molecule has 6 heteroatoms. The Hall–Kier alpha value is -2.18. The Kier molecular flexibility index (Phi) is 5.64. The van der Waals surface area contributed by atoms with Gasteiger partial charge < -0.3 is 4.74 Å². The molecule has 5 nitrogen and oxygen atoms in total. The van der Waals surface area contributed by atoms with E-state index >= 15 is 0 Å². The second-order valence-electron chi connectivity index (χ2n) is 8.26. The van der Waals surface area contributed by atoms with Crippen LogP contribution >= 0.6 is 0 Å². The third-order valence-corrected chi connectivity index (χ3v) is 6.91. The van der Waals surface area contributed by atoms with Gasteiger partial charge in [-0.1, -0.05) is 39.0 Å². The minimum atomic E-state index is -3.57. The molecular weight excluding hydrogens is 374 g/mol. The van der Waals surface area contributed by atoms with Crippen LogP contribution in [-0.2, 0) is 15.4 Å². The molecule has 0 bridgehead atoms. The van der Waals surface area contributed by atoms with Crippen molar-refractivity contribution in [3.05, 3.63) is 59.2 Å². The van der Waals surface area contributed by atoms with Gasteiger partial charge in [0.25, 0.3) is 0 Å². The van der Waals surface area contributed by atoms with Crippen LogP contribution in [-0.4, -0.2) is 31.8 Å². The number of esters is 1. The number of nitrogens with zero attached hydrogens (tertiary/aromatic N) is 1. The molecule has 0 N–H and O–H groups in total. The van der Waals surface area contributed by atoms with Crippen molar-refractivity contribution >= 4 is 16.0 Å². The summed E-state index contributed by atoms with van der Waals surface area (Å²) in [7, 11) is -3.57. The summed E-state index contributed by atoms with van der Waals surface area (Å²) < 4.78 is 32.5. The van der Waals surface area contributed by atoms with Gasteiger partial charge in [0.05, 0.1) is 10.5 Å². The van der Waals surface area contributed by atoms with Crippen LogP contribution in [0.4, 0.5) is 0 Å². The third-order valence-electron chi connectivity index (χ3n) is 5.02. The highest BCUT2D eigenvalue weighted by Crippen LogP contribution is 2.28. The lowest BCUT2D eigenvalue weighted by atomic mass is 9.86. The number of carbonyl (C=O) groups excluding carboxylic acids is 1. The van der Waals surface area contributed by atoms with Crippen molar-refractivity contribution in [2.45, 2.75) is 50.8 Å². The van der Waals surface area contributed by atoms with Crippen molar-refractivity contribution in [2.75, 3.05) is 13.1 Å². The molecule has 150 valence electrons. The van der Waals surface area contributed by atoms with Gasteiger partial charge in [-0.25, -0.2) is 13.2 Å². The van der Waals surface area contributed by atoms with Gasteiger partial charge in [0.15, 0.2) is 0 Å². The molecule has 1 heterocycles. The normalized spacial score (nSPS) is 15.6. The highest BCUT2D eigenvalue weighted by molar-refractivity contribution is 7.89. The minimum Gasteiger partial charge on any atom is -0.423 e. The maximum atomic E-state index is 12.7. The van der Waals surface area contributed by atoms with Gasteiger partial charge in [-0.15, -0.1) is 0 Å². The summed E-state index contributed by atoms with van der Waals surface area (Å²) in [5.41, 5.74) is 2.25. The minimum absolute atomic E-state index is 0.00552. The predicted octanol–water partition coefficient (Wildman–Crippen LogP) is 4.30. The Morgan fingerprint density at radius 3 is 2.32 bits per heavy atom. The van der Waals surface area contributed by atoms with Gasteiger partial charge in [-0.3, -0.25) is 0 Å². The highest BCUT2D eigenvalue weighted by Gasteiger charge is 2.28. The van der Waals surface area contributed by atoms with Crippen molar-refractivity contribution in [2.24, 2.45) is 0 Å². The maximum Gasteiger partial charge on any atom is 0.343 e. The Balaban J connectivity index is 1.82. The lowest BCUT2D eigenvalue weighted by molar-refractivity contribution is 0.0733. The zero-order valence-corrected chi connectivity index (χ0v) is 17.7. The molecule has 0 aromatic heterocycles.